The van der Waals surface area contributed by atoms with Gasteiger partial charge in [0.1, 0.15) is 5.82 Å². The maximum absolute atomic E-state index is 4.28. The quantitative estimate of drug-likeness (QED) is 0.862. The predicted octanol–water partition coefficient (Wildman–Crippen LogP) is 3.28. The highest BCUT2D eigenvalue weighted by molar-refractivity contribution is 7.11. The zero-order chi connectivity index (χ0) is 11.4. The van der Waals surface area contributed by atoms with E-state index in [-0.39, 0.29) is 0 Å². The SMILES string of the molecule is CCCn1nccc1NCc1ccc(C)s1. The molecule has 0 aliphatic heterocycles. The van der Waals surface area contributed by atoms with Gasteiger partial charge in [-0.05, 0) is 25.5 Å². The van der Waals surface area contributed by atoms with Gasteiger partial charge in [0.25, 0.3) is 0 Å². The van der Waals surface area contributed by atoms with Crippen LogP contribution < -0.4 is 5.32 Å². The van der Waals surface area contributed by atoms with Crippen molar-refractivity contribution in [2.24, 2.45) is 0 Å². The van der Waals surface area contributed by atoms with Gasteiger partial charge in [0.15, 0.2) is 0 Å². The van der Waals surface area contributed by atoms with Crippen molar-refractivity contribution >= 4 is 17.2 Å². The van der Waals surface area contributed by atoms with Crippen LogP contribution in [-0.4, -0.2) is 9.78 Å². The average Bonchev–Trinajstić information content (AvgIpc) is 2.85. The van der Waals surface area contributed by atoms with Crippen LogP contribution in [-0.2, 0) is 13.1 Å². The summed E-state index contributed by atoms with van der Waals surface area (Å²) in [6, 6.07) is 6.36. The molecule has 2 heterocycles. The van der Waals surface area contributed by atoms with Crippen LogP contribution in [0.4, 0.5) is 5.82 Å². The fourth-order valence-corrected chi connectivity index (χ4v) is 2.46. The second-order valence-electron chi connectivity index (χ2n) is 3.81. The number of thiophene rings is 1. The molecule has 0 bridgehead atoms. The van der Waals surface area contributed by atoms with Crippen LogP contribution in [0.5, 0.6) is 0 Å². The Labute approximate surface area is 100 Å². The molecule has 1 N–H and O–H groups in total. The molecule has 4 heteroatoms. The lowest BCUT2D eigenvalue weighted by atomic mass is 10.4. The van der Waals surface area contributed by atoms with E-state index in [4.69, 9.17) is 0 Å². The third-order valence-electron chi connectivity index (χ3n) is 2.39. The molecule has 0 amide bonds. The first-order chi connectivity index (χ1) is 7.79. The van der Waals surface area contributed by atoms with Gasteiger partial charge in [0.05, 0.1) is 12.7 Å². The highest BCUT2D eigenvalue weighted by Gasteiger charge is 2.01. The lowest BCUT2D eigenvalue weighted by Crippen LogP contribution is -2.07. The van der Waals surface area contributed by atoms with Crippen LogP contribution in [0.3, 0.4) is 0 Å². The summed E-state index contributed by atoms with van der Waals surface area (Å²) in [7, 11) is 0. The lowest BCUT2D eigenvalue weighted by molar-refractivity contribution is 0.607. The number of aryl methyl sites for hydroxylation is 2. The Morgan fingerprint density at radius 3 is 2.94 bits per heavy atom. The maximum atomic E-state index is 4.28. The first-order valence-corrected chi connectivity index (χ1v) is 6.42. The fraction of sp³-hybridized carbons (Fsp3) is 0.417. The minimum absolute atomic E-state index is 0.883. The molecule has 2 aromatic heterocycles. The fourth-order valence-electron chi connectivity index (χ4n) is 1.63. The summed E-state index contributed by atoms with van der Waals surface area (Å²) in [5, 5.41) is 7.70. The summed E-state index contributed by atoms with van der Waals surface area (Å²) in [5.41, 5.74) is 0. The highest BCUT2D eigenvalue weighted by atomic mass is 32.1. The smallest absolute Gasteiger partial charge is 0.124 e. The van der Waals surface area contributed by atoms with E-state index in [9.17, 15) is 0 Å². The van der Waals surface area contributed by atoms with Gasteiger partial charge >= 0.3 is 0 Å². The highest BCUT2D eigenvalue weighted by Crippen LogP contribution is 2.17. The van der Waals surface area contributed by atoms with E-state index in [2.05, 4.69) is 36.4 Å². The topological polar surface area (TPSA) is 29.9 Å². The van der Waals surface area contributed by atoms with Crippen molar-refractivity contribution in [1.82, 2.24) is 9.78 Å². The molecule has 0 saturated heterocycles. The summed E-state index contributed by atoms with van der Waals surface area (Å²) < 4.78 is 2.01. The molecule has 86 valence electrons. The molecule has 0 aromatic carbocycles. The largest absolute Gasteiger partial charge is 0.365 e. The van der Waals surface area contributed by atoms with Gasteiger partial charge in [-0.1, -0.05) is 6.92 Å². The normalized spacial score (nSPS) is 10.6. The Bertz CT molecular complexity index is 445. The Balaban J connectivity index is 1.96. The third kappa shape index (κ3) is 2.64. The van der Waals surface area contributed by atoms with E-state index in [0.717, 1.165) is 25.3 Å². The van der Waals surface area contributed by atoms with Crippen molar-refractivity contribution in [1.29, 1.82) is 0 Å². The summed E-state index contributed by atoms with van der Waals surface area (Å²) in [6.45, 7) is 6.15. The van der Waals surface area contributed by atoms with E-state index >= 15 is 0 Å². The zero-order valence-electron chi connectivity index (χ0n) is 9.73. The average molecular weight is 235 g/mol. The molecule has 0 fully saturated rings. The number of hydrogen-bond acceptors (Lipinski definition) is 3. The Hall–Kier alpha value is -1.29. The van der Waals surface area contributed by atoms with Crippen LogP contribution in [0.15, 0.2) is 24.4 Å². The van der Waals surface area contributed by atoms with Gasteiger partial charge in [-0.3, -0.25) is 0 Å². The summed E-state index contributed by atoms with van der Waals surface area (Å²) >= 11 is 1.84. The van der Waals surface area contributed by atoms with E-state index < -0.39 is 0 Å². The minimum Gasteiger partial charge on any atom is -0.365 e. The predicted molar refractivity (Wildman–Crippen MR) is 68.9 cm³/mol. The maximum Gasteiger partial charge on any atom is 0.124 e. The van der Waals surface area contributed by atoms with Crippen molar-refractivity contribution in [2.75, 3.05) is 5.32 Å². The monoisotopic (exact) mass is 235 g/mol. The Kier molecular flexibility index (Phi) is 3.62. The first-order valence-electron chi connectivity index (χ1n) is 5.60. The van der Waals surface area contributed by atoms with Gasteiger partial charge < -0.3 is 5.32 Å². The van der Waals surface area contributed by atoms with Crippen molar-refractivity contribution in [3.8, 4) is 0 Å². The number of anilines is 1. The molecule has 0 aliphatic carbocycles. The van der Waals surface area contributed by atoms with Crippen LogP contribution in [0.25, 0.3) is 0 Å². The van der Waals surface area contributed by atoms with E-state index in [1.807, 2.05) is 28.3 Å². The van der Waals surface area contributed by atoms with Crippen LogP contribution >= 0.6 is 11.3 Å². The molecule has 2 aromatic rings. The van der Waals surface area contributed by atoms with Gasteiger partial charge in [-0.15, -0.1) is 11.3 Å². The number of nitrogens with one attached hydrogen (secondary N) is 1. The molecule has 0 aliphatic rings. The second kappa shape index (κ2) is 5.16. The molecule has 0 saturated carbocycles. The number of aromatic nitrogens is 2. The van der Waals surface area contributed by atoms with E-state index in [1.165, 1.54) is 9.75 Å². The zero-order valence-corrected chi connectivity index (χ0v) is 10.5. The number of hydrogen-bond donors (Lipinski definition) is 1. The van der Waals surface area contributed by atoms with Crippen LogP contribution in [0.1, 0.15) is 23.1 Å². The molecule has 2 rings (SSSR count). The third-order valence-corrected chi connectivity index (χ3v) is 3.39. The standard InChI is InChI=1S/C12H17N3S/c1-3-8-15-12(6-7-14-15)13-9-11-5-4-10(2)16-11/h4-7,13H,3,8-9H2,1-2H3. The molecule has 16 heavy (non-hydrogen) atoms. The Morgan fingerprint density at radius 1 is 1.38 bits per heavy atom. The Morgan fingerprint density at radius 2 is 2.25 bits per heavy atom. The van der Waals surface area contributed by atoms with Crippen LogP contribution in [0.2, 0.25) is 0 Å². The molecule has 0 spiro atoms. The van der Waals surface area contributed by atoms with Gasteiger partial charge in [0, 0.05) is 22.4 Å². The molecular weight excluding hydrogens is 218 g/mol. The minimum atomic E-state index is 0.883. The van der Waals surface area contributed by atoms with E-state index in [1.54, 1.807) is 0 Å². The van der Waals surface area contributed by atoms with Crippen molar-refractivity contribution < 1.29 is 0 Å². The first kappa shape index (κ1) is 11.2. The molecule has 3 nitrogen and oxygen atoms in total. The summed E-state index contributed by atoms with van der Waals surface area (Å²) in [5.74, 6) is 1.10. The van der Waals surface area contributed by atoms with Crippen LogP contribution in [0, 0.1) is 6.92 Å². The molecular formula is C12H17N3S. The number of nitrogens with zero attached hydrogens (tertiary/aromatic N) is 2. The lowest BCUT2D eigenvalue weighted by Gasteiger charge is -2.07. The molecule has 0 atom stereocenters. The summed E-state index contributed by atoms with van der Waals surface area (Å²) in [4.78, 5) is 2.72. The van der Waals surface area contributed by atoms with E-state index in [0.29, 0.717) is 0 Å². The molecule has 0 unspecified atom stereocenters. The van der Waals surface area contributed by atoms with Crippen molar-refractivity contribution in [3.63, 3.8) is 0 Å². The number of rotatable bonds is 5. The van der Waals surface area contributed by atoms with Gasteiger partial charge in [-0.25, -0.2) is 4.68 Å². The van der Waals surface area contributed by atoms with Gasteiger partial charge in [0.2, 0.25) is 0 Å². The van der Waals surface area contributed by atoms with Gasteiger partial charge in [-0.2, -0.15) is 5.10 Å². The van der Waals surface area contributed by atoms with Crippen molar-refractivity contribution in [2.45, 2.75) is 33.4 Å². The second-order valence-corrected chi connectivity index (χ2v) is 5.18. The summed E-state index contributed by atoms with van der Waals surface area (Å²) in [6.07, 6.45) is 2.95. The molecule has 0 radical (unpaired) electrons. The van der Waals surface area contributed by atoms with Crippen molar-refractivity contribution in [3.05, 3.63) is 34.2 Å².